The normalized spacial score (nSPS) is 19.5. The fraction of sp³-hybridized carbons (Fsp3) is 0.345. The predicted molar refractivity (Wildman–Crippen MR) is 134 cm³/mol. The van der Waals surface area contributed by atoms with Crippen molar-refractivity contribution >= 4 is 11.7 Å². The summed E-state index contributed by atoms with van der Waals surface area (Å²) in [6.45, 7) is 4.05. The zero-order valence-corrected chi connectivity index (χ0v) is 19.8. The number of carboxylic acid groups (broad SMARTS) is 1. The molecule has 5 heteroatoms. The van der Waals surface area contributed by atoms with Crippen molar-refractivity contribution in [2.75, 3.05) is 0 Å². The van der Waals surface area contributed by atoms with E-state index in [1.54, 1.807) is 6.20 Å². The molecule has 3 aromatic rings. The van der Waals surface area contributed by atoms with Gasteiger partial charge in [-0.1, -0.05) is 53.7 Å². The molecule has 0 unspecified atom stereocenters. The van der Waals surface area contributed by atoms with Crippen molar-refractivity contribution in [3.05, 3.63) is 100 Å². The van der Waals surface area contributed by atoms with E-state index in [1.807, 2.05) is 25.1 Å². The topological polar surface area (TPSA) is 82.8 Å². The number of carboxylic acids is 1. The largest absolute Gasteiger partial charge is 0.481 e. The molecule has 0 saturated heterocycles. The van der Waals surface area contributed by atoms with Crippen LogP contribution in [0.25, 0.3) is 0 Å². The zero-order chi connectivity index (χ0) is 24.1. The molecule has 0 radical (unpaired) electrons. The molecule has 1 aromatic heterocycles. The van der Waals surface area contributed by atoms with E-state index in [2.05, 4.69) is 59.5 Å². The first kappa shape index (κ1) is 23.7. The van der Waals surface area contributed by atoms with E-state index >= 15 is 0 Å². The fourth-order valence-corrected chi connectivity index (χ4v) is 5.19. The third kappa shape index (κ3) is 5.36. The lowest BCUT2D eigenvalue weighted by Crippen LogP contribution is -2.20. The first-order valence-electron chi connectivity index (χ1n) is 12.0. The third-order valence-electron chi connectivity index (χ3n) is 7.20. The Morgan fingerprint density at radius 1 is 1.03 bits per heavy atom. The van der Waals surface area contributed by atoms with Crippen LogP contribution in [0.3, 0.4) is 0 Å². The molecule has 34 heavy (non-hydrogen) atoms. The van der Waals surface area contributed by atoms with E-state index in [1.165, 1.54) is 22.3 Å². The van der Waals surface area contributed by atoms with Crippen molar-refractivity contribution in [3.8, 4) is 0 Å². The van der Waals surface area contributed by atoms with Crippen LogP contribution in [0.1, 0.15) is 77.5 Å². The Labute approximate surface area is 201 Å². The van der Waals surface area contributed by atoms with Crippen molar-refractivity contribution in [2.24, 2.45) is 11.1 Å². The molecule has 1 fully saturated rings. The molecule has 1 heterocycles. The van der Waals surface area contributed by atoms with E-state index in [9.17, 15) is 15.1 Å². The summed E-state index contributed by atoms with van der Waals surface area (Å²) in [6.07, 6.45) is 5.63. The summed E-state index contributed by atoms with van der Waals surface area (Å²) in [7, 11) is 0. The summed E-state index contributed by atoms with van der Waals surface area (Å²) in [6, 6.07) is 20.9. The van der Waals surface area contributed by atoms with E-state index < -0.39 is 5.97 Å². The van der Waals surface area contributed by atoms with Crippen LogP contribution in [0.5, 0.6) is 0 Å². The summed E-state index contributed by atoms with van der Waals surface area (Å²) in [5.74, 6) is -0.414. The molecule has 5 nitrogen and oxygen atoms in total. The first-order valence-corrected chi connectivity index (χ1v) is 12.0. The standard InChI is InChI=1S/C29H32N2O3/c1-19-5-3-4-6-26(19)27(18-28(31-34)25-15-16-30-20(2)17-25)23-11-7-21(8-12-23)22-9-13-24(14-10-22)29(32)33/h3-8,11-12,15-17,22,24,27,34H,9-10,13-14,18H2,1-2H3,(H,32,33)/t22?,24?,27-/m1/s1. The maximum absolute atomic E-state index is 11.3. The molecule has 0 bridgehead atoms. The molecule has 0 aliphatic heterocycles. The van der Waals surface area contributed by atoms with Gasteiger partial charge in [-0.15, -0.1) is 0 Å². The molecule has 1 saturated carbocycles. The maximum Gasteiger partial charge on any atom is 0.306 e. The molecule has 2 N–H and O–H groups in total. The molecule has 0 spiro atoms. The second-order valence-electron chi connectivity index (χ2n) is 9.40. The Hall–Kier alpha value is -3.47. The van der Waals surface area contributed by atoms with E-state index in [-0.39, 0.29) is 11.8 Å². The number of nitrogens with zero attached hydrogens (tertiary/aromatic N) is 2. The van der Waals surface area contributed by atoms with E-state index in [0.717, 1.165) is 36.9 Å². The van der Waals surface area contributed by atoms with Crippen molar-refractivity contribution in [3.63, 3.8) is 0 Å². The molecular weight excluding hydrogens is 424 g/mol. The lowest BCUT2D eigenvalue weighted by molar-refractivity contribution is -0.142. The number of aryl methyl sites for hydroxylation is 2. The lowest BCUT2D eigenvalue weighted by Gasteiger charge is -2.27. The molecule has 1 atom stereocenters. The van der Waals surface area contributed by atoms with E-state index in [4.69, 9.17) is 0 Å². The minimum atomic E-state index is -0.666. The average molecular weight is 457 g/mol. The van der Waals surface area contributed by atoms with Crippen LogP contribution in [0.15, 0.2) is 72.0 Å². The minimum absolute atomic E-state index is 0.0392. The van der Waals surface area contributed by atoms with Crippen LogP contribution in [-0.2, 0) is 4.79 Å². The second-order valence-corrected chi connectivity index (χ2v) is 9.40. The molecule has 0 amide bonds. The highest BCUT2D eigenvalue weighted by molar-refractivity contribution is 6.01. The third-order valence-corrected chi connectivity index (χ3v) is 7.20. The van der Waals surface area contributed by atoms with Crippen molar-refractivity contribution in [1.29, 1.82) is 0 Å². The maximum atomic E-state index is 11.3. The Bertz CT molecular complexity index is 1160. The van der Waals surface area contributed by atoms with Gasteiger partial charge in [0, 0.05) is 29.8 Å². The number of aromatic nitrogens is 1. The summed E-state index contributed by atoms with van der Waals surface area (Å²) < 4.78 is 0. The molecule has 1 aliphatic rings. The van der Waals surface area contributed by atoms with Gasteiger partial charge in [0.2, 0.25) is 0 Å². The van der Waals surface area contributed by atoms with Gasteiger partial charge in [0.15, 0.2) is 0 Å². The van der Waals surface area contributed by atoms with Gasteiger partial charge in [0.05, 0.1) is 11.6 Å². The zero-order valence-electron chi connectivity index (χ0n) is 19.8. The van der Waals surface area contributed by atoms with Crippen molar-refractivity contribution in [2.45, 2.75) is 57.8 Å². The van der Waals surface area contributed by atoms with Gasteiger partial charge in [-0.25, -0.2) is 0 Å². The molecule has 1 aliphatic carbocycles. The highest BCUT2D eigenvalue weighted by Crippen LogP contribution is 2.37. The first-order chi connectivity index (χ1) is 16.5. The highest BCUT2D eigenvalue weighted by Gasteiger charge is 2.27. The van der Waals surface area contributed by atoms with Gasteiger partial charge >= 0.3 is 5.97 Å². The van der Waals surface area contributed by atoms with Gasteiger partial charge in [-0.3, -0.25) is 9.78 Å². The van der Waals surface area contributed by atoms with Crippen molar-refractivity contribution < 1.29 is 15.1 Å². The second kappa shape index (κ2) is 10.6. The van der Waals surface area contributed by atoms with Crippen LogP contribution in [0.2, 0.25) is 0 Å². The smallest absolute Gasteiger partial charge is 0.306 e. The van der Waals surface area contributed by atoms with Crippen LogP contribution in [0.4, 0.5) is 0 Å². The van der Waals surface area contributed by atoms with Gasteiger partial charge in [0.1, 0.15) is 0 Å². The number of carbonyl (C=O) groups is 1. The minimum Gasteiger partial charge on any atom is -0.481 e. The Morgan fingerprint density at radius 3 is 2.35 bits per heavy atom. The number of pyridine rings is 1. The van der Waals surface area contributed by atoms with Gasteiger partial charge in [-0.2, -0.15) is 0 Å². The van der Waals surface area contributed by atoms with Gasteiger partial charge in [0.25, 0.3) is 0 Å². The number of aliphatic carboxylic acids is 1. The summed E-state index contributed by atoms with van der Waals surface area (Å²) in [5, 5.41) is 22.8. The summed E-state index contributed by atoms with van der Waals surface area (Å²) in [4.78, 5) is 15.5. The SMILES string of the molecule is Cc1cc(C(C[C@H](c2ccc(C3CCC(C(=O)O)CC3)cc2)c2ccccc2C)=NO)ccn1. The van der Waals surface area contributed by atoms with Gasteiger partial charge < -0.3 is 10.3 Å². The molecule has 4 rings (SSSR count). The number of rotatable bonds is 7. The number of hydrogen-bond donors (Lipinski definition) is 2. The Morgan fingerprint density at radius 2 is 1.74 bits per heavy atom. The number of benzene rings is 2. The highest BCUT2D eigenvalue weighted by atomic mass is 16.4. The van der Waals surface area contributed by atoms with E-state index in [0.29, 0.717) is 18.1 Å². The van der Waals surface area contributed by atoms with Crippen LogP contribution in [0, 0.1) is 19.8 Å². The molecular formula is C29H32N2O3. The Balaban J connectivity index is 1.61. The number of oxime groups is 1. The predicted octanol–water partition coefficient (Wildman–Crippen LogP) is 6.46. The lowest BCUT2D eigenvalue weighted by atomic mass is 9.78. The van der Waals surface area contributed by atoms with Crippen LogP contribution in [-0.4, -0.2) is 27.0 Å². The average Bonchev–Trinajstić information content (AvgIpc) is 2.86. The fourth-order valence-electron chi connectivity index (χ4n) is 5.19. The van der Waals surface area contributed by atoms with Gasteiger partial charge in [-0.05, 0) is 79.8 Å². The summed E-state index contributed by atoms with van der Waals surface area (Å²) in [5.41, 5.74) is 7.25. The van der Waals surface area contributed by atoms with Crippen molar-refractivity contribution in [1.82, 2.24) is 4.98 Å². The molecule has 176 valence electrons. The van der Waals surface area contributed by atoms with Crippen LogP contribution < -0.4 is 0 Å². The van der Waals surface area contributed by atoms with Crippen LogP contribution >= 0.6 is 0 Å². The monoisotopic (exact) mass is 456 g/mol. The Kier molecular flexibility index (Phi) is 7.41. The molecule has 2 aromatic carbocycles. The quantitative estimate of drug-likeness (QED) is 0.243. The summed E-state index contributed by atoms with van der Waals surface area (Å²) >= 11 is 0. The number of hydrogen-bond acceptors (Lipinski definition) is 4.